The van der Waals surface area contributed by atoms with Crippen molar-refractivity contribution in [3.05, 3.63) is 22.2 Å². The largest absolute Gasteiger partial charge is 0.481 e. The summed E-state index contributed by atoms with van der Waals surface area (Å²) in [4.78, 5) is 14.7. The van der Waals surface area contributed by atoms with Crippen LogP contribution in [0.3, 0.4) is 0 Å². The second-order valence-corrected chi connectivity index (χ2v) is 5.55. The first-order valence-corrected chi connectivity index (χ1v) is 6.85. The van der Waals surface area contributed by atoms with Gasteiger partial charge in [0.15, 0.2) is 5.13 Å². The lowest BCUT2D eigenvalue weighted by molar-refractivity contribution is -0.137. The molecule has 0 amide bonds. The smallest absolute Gasteiger partial charge is 0.303 e. The first kappa shape index (κ1) is 13.4. The Bertz CT molecular complexity index is 586. The number of hydrogen-bond donors (Lipinski definition) is 2. The van der Waals surface area contributed by atoms with Crippen LogP contribution in [0, 0.1) is 0 Å². The monoisotopic (exact) mass is 304 g/mol. The van der Waals surface area contributed by atoms with E-state index >= 15 is 0 Å². The minimum atomic E-state index is -0.795. The lowest BCUT2D eigenvalue weighted by Crippen LogP contribution is -2.04. The van der Waals surface area contributed by atoms with Crippen LogP contribution in [-0.2, 0) is 4.79 Å². The van der Waals surface area contributed by atoms with Gasteiger partial charge in [0, 0.05) is 18.0 Å². The van der Waals surface area contributed by atoms with Gasteiger partial charge in [-0.2, -0.15) is 0 Å². The van der Waals surface area contributed by atoms with Crippen LogP contribution in [-0.4, -0.2) is 22.6 Å². The number of carboxylic acids is 1. The third-order valence-electron chi connectivity index (χ3n) is 2.26. The van der Waals surface area contributed by atoms with Crippen molar-refractivity contribution in [1.29, 1.82) is 0 Å². The average Bonchev–Trinajstić information content (AvgIpc) is 2.67. The van der Waals surface area contributed by atoms with Gasteiger partial charge >= 0.3 is 5.97 Å². The molecule has 2 rings (SSSR count). The third-order valence-corrected chi connectivity index (χ3v) is 3.72. The van der Waals surface area contributed by atoms with E-state index in [-0.39, 0.29) is 6.42 Å². The van der Waals surface area contributed by atoms with E-state index in [0.717, 1.165) is 9.83 Å². The molecule has 0 bridgehead atoms. The molecule has 2 N–H and O–H groups in total. The molecule has 0 saturated heterocycles. The Hall–Kier alpha value is -1.04. The summed E-state index contributed by atoms with van der Waals surface area (Å²) in [5, 5.41) is 13.4. The molecule has 96 valence electrons. The average molecular weight is 305 g/mol. The molecule has 0 radical (unpaired) electrons. The first-order chi connectivity index (χ1) is 8.56. The normalized spacial score (nSPS) is 10.8. The standard InChI is InChI=1S/C11H10Cl2N2O2S/c12-6-4-7(13)10-8(5-6)18-11(15-10)14-3-1-2-9(16)17/h4-5H,1-3H2,(H,14,15)(H,16,17). The molecule has 0 aliphatic rings. The van der Waals surface area contributed by atoms with Crippen molar-refractivity contribution < 1.29 is 9.90 Å². The summed E-state index contributed by atoms with van der Waals surface area (Å²) >= 11 is 13.4. The topological polar surface area (TPSA) is 62.2 Å². The molecule has 4 nitrogen and oxygen atoms in total. The second-order valence-electron chi connectivity index (χ2n) is 3.68. The van der Waals surface area contributed by atoms with Crippen LogP contribution in [0.25, 0.3) is 10.2 Å². The fourth-order valence-corrected chi connectivity index (χ4v) is 3.08. The van der Waals surface area contributed by atoms with Crippen molar-refractivity contribution in [3.8, 4) is 0 Å². The zero-order valence-corrected chi connectivity index (χ0v) is 11.6. The van der Waals surface area contributed by atoms with E-state index in [1.54, 1.807) is 6.07 Å². The second kappa shape index (κ2) is 5.73. The number of benzene rings is 1. The quantitative estimate of drug-likeness (QED) is 0.823. The van der Waals surface area contributed by atoms with E-state index in [0.29, 0.717) is 28.5 Å². The molecule has 1 heterocycles. The van der Waals surface area contributed by atoms with Crippen molar-refractivity contribution in [3.63, 3.8) is 0 Å². The Balaban J connectivity index is 2.06. The lowest BCUT2D eigenvalue weighted by atomic mass is 10.3. The number of thiazole rings is 1. The van der Waals surface area contributed by atoms with Gasteiger partial charge in [-0.15, -0.1) is 0 Å². The molecule has 7 heteroatoms. The van der Waals surface area contributed by atoms with Crippen LogP contribution >= 0.6 is 34.5 Å². The number of carboxylic acid groups (broad SMARTS) is 1. The summed E-state index contributed by atoms with van der Waals surface area (Å²) in [7, 11) is 0. The highest BCUT2D eigenvalue weighted by Gasteiger charge is 2.08. The van der Waals surface area contributed by atoms with Crippen LogP contribution in [0.4, 0.5) is 5.13 Å². The number of aliphatic carboxylic acids is 1. The molecular formula is C11H10Cl2N2O2S. The minimum Gasteiger partial charge on any atom is -0.481 e. The van der Waals surface area contributed by atoms with Crippen LogP contribution in [0.2, 0.25) is 10.0 Å². The summed E-state index contributed by atoms with van der Waals surface area (Å²) in [5.74, 6) is -0.795. The maximum Gasteiger partial charge on any atom is 0.303 e. The maximum absolute atomic E-state index is 10.4. The summed E-state index contributed by atoms with van der Waals surface area (Å²) in [6.45, 7) is 0.567. The van der Waals surface area contributed by atoms with E-state index in [1.165, 1.54) is 11.3 Å². The number of nitrogens with one attached hydrogen (secondary N) is 1. The van der Waals surface area contributed by atoms with Gasteiger partial charge < -0.3 is 10.4 Å². The van der Waals surface area contributed by atoms with Gasteiger partial charge in [0.05, 0.1) is 9.72 Å². The van der Waals surface area contributed by atoms with Crippen molar-refractivity contribution in [1.82, 2.24) is 4.98 Å². The number of rotatable bonds is 5. The van der Waals surface area contributed by atoms with Gasteiger partial charge in [0.1, 0.15) is 5.52 Å². The molecule has 0 saturated carbocycles. The van der Waals surface area contributed by atoms with Crippen LogP contribution in [0.5, 0.6) is 0 Å². The molecular weight excluding hydrogens is 295 g/mol. The SMILES string of the molecule is O=C(O)CCCNc1nc2c(Cl)cc(Cl)cc2s1. The zero-order chi connectivity index (χ0) is 13.1. The van der Waals surface area contributed by atoms with Gasteiger partial charge in [-0.25, -0.2) is 4.98 Å². The van der Waals surface area contributed by atoms with Crippen molar-refractivity contribution in [2.45, 2.75) is 12.8 Å². The van der Waals surface area contributed by atoms with Crippen LogP contribution < -0.4 is 5.32 Å². The molecule has 0 aliphatic carbocycles. The van der Waals surface area contributed by atoms with Gasteiger partial charge in [-0.1, -0.05) is 34.5 Å². The number of hydrogen-bond acceptors (Lipinski definition) is 4. The van der Waals surface area contributed by atoms with Crippen molar-refractivity contribution in [2.75, 3.05) is 11.9 Å². The van der Waals surface area contributed by atoms with Gasteiger partial charge in [0.2, 0.25) is 0 Å². The fraction of sp³-hybridized carbons (Fsp3) is 0.273. The fourth-order valence-electron chi connectivity index (χ4n) is 1.47. The number of nitrogens with zero attached hydrogens (tertiary/aromatic N) is 1. The molecule has 2 aromatic rings. The number of fused-ring (bicyclic) bond motifs is 1. The van der Waals surface area contributed by atoms with E-state index in [1.807, 2.05) is 6.07 Å². The summed E-state index contributed by atoms with van der Waals surface area (Å²) < 4.78 is 0.910. The maximum atomic E-state index is 10.4. The van der Waals surface area contributed by atoms with E-state index in [4.69, 9.17) is 28.3 Å². The molecule has 1 aromatic carbocycles. The number of aromatic nitrogens is 1. The molecule has 0 aliphatic heterocycles. The summed E-state index contributed by atoms with van der Waals surface area (Å²) in [5.41, 5.74) is 0.715. The Labute approximate surface area is 118 Å². The van der Waals surface area contributed by atoms with E-state index < -0.39 is 5.97 Å². The summed E-state index contributed by atoms with van der Waals surface area (Å²) in [6.07, 6.45) is 0.699. The molecule has 0 spiro atoms. The van der Waals surface area contributed by atoms with Crippen LogP contribution in [0.1, 0.15) is 12.8 Å². The molecule has 0 unspecified atom stereocenters. The highest BCUT2D eigenvalue weighted by atomic mass is 35.5. The Morgan fingerprint density at radius 2 is 2.22 bits per heavy atom. The van der Waals surface area contributed by atoms with Gasteiger partial charge in [-0.3, -0.25) is 4.79 Å². The highest BCUT2D eigenvalue weighted by molar-refractivity contribution is 7.22. The Kier molecular flexibility index (Phi) is 4.27. The van der Waals surface area contributed by atoms with E-state index in [9.17, 15) is 4.79 Å². The van der Waals surface area contributed by atoms with E-state index in [2.05, 4.69) is 10.3 Å². The Morgan fingerprint density at radius 1 is 1.44 bits per heavy atom. The molecule has 0 atom stereocenters. The lowest BCUT2D eigenvalue weighted by Gasteiger charge is -1.99. The van der Waals surface area contributed by atoms with Crippen LogP contribution in [0.15, 0.2) is 12.1 Å². The Morgan fingerprint density at radius 3 is 2.94 bits per heavy atom. The minimum absolute atomic E-state index is 0.143. The molecule has 18 heavy (non-hydrogen) atoms. The summed E-state index contributed by atoms with van der Waals surface area (Å²) in [6, 6.07) is 3.46. The van der Waals surface area contributed by atoms with Gasteiger partial charge in [0.25, 0.3) is 0 Å². The molecule has 1 aromatic heterocycles. The predicted octanol–water partition coefficient (Wildman–Crippen LogP) is 3.88. The van der Waals surface area contributed by atoms with Crippen molar-refractivity contribution >= 4 is 55.9 Å². The predicted molar refractivity (Wildman–Crippen MR) is 75.0 cm³/mol. The number of carbonyl (C=O) groups is 1. The highest BCUT2D eigenvalue weighted by Crippen LogP contribution is 2.33. The zero-order valence-electron chi connectivity index (χ0n) is 9.24. The van der Waals surface area contributed by atoms with Crippen molar-refractivity contribution in [2.24, 2.45) is 0 Å². The number of anilines is 1. The molecule has 0 fully saturated rings. The number of halogens is 2. The third kappa shape index (κ3) is 3.25. The van der Waals surface area contributed by atoms with Gasteiger partial charge in [-0.05, 0) is 18.6 Å². The first-order valence-electron chi connectivity index (χ1n) is 5.27.